The number of hydrogen-bond donors (Lipinski definition) is 1. The largest absolute Gasteiger partial charge is 0.444 e. The first kappa shape index (κ1) is 14.1. The third-order valence-corrected chi connectivity index (χ3v) is 3.25. The Kier molecular flexibility index (Phi) is 4.30. The van der Waals surface area contributed by atoms with Crippen LogP contribution in [0.15, 0.2) is 71.3 Å². The second-order valence-electron chi connectivity index (χ2n) is 4.95. The molecule has 0 aliphatic rings. The molecule has 3 rings (SSSR count). The predicted octanol–water partition coefficient (Wildman–Crippen LogP) is 3.20. The van der Waals surface area contributed by atoms with Gasteiger partial charge in [0, 0.05) is 12.1 Å². The summed E-state index contributed by atoms with van der Waals surface area (Å²) in [6, 6.07) is 19.4. The van der Waals surface area contributed by atoms with Gasteiger partial charge in [-0.2, -0.15) is 0 Å². The molecule has 3 aromatic rings. The Balaban J connectivity index is 1.57. The van der Waals surface area contributed by atoms with Crippen LogP contribution in [0.1, 0.15) is 11.3 Å². The van der Waals surface area contributed by atoms with Crippen molar-refractivity contribution in [3.63, 3.8) is 0 Å². The molecule has 4 heteroatoms. The first-order valence-electron chi connectivity index (χ1n) is 7.12. The van der Waals surface area contributed by atoms with E-state index >= 15 is 0 Å². The molecule has 0 bridgehead atoms. The van der Waals surface area contributed by atoms with Gasteiger partial charge in [0.1, 0.15) is 6.26 Å². The summed E-state index contributed by atoms with van der Waals surface area (Å²) in [5, 5.41) is 2.88. The van der Waals surface area contributed by atoms with Crippen LogP contribution in [0, 0.1) is 0 Å². The minimum absolute atomic E-state index is 0.0724. The van der Waals surface area contributed by atoms with Crippen LogP contribution >= 0.6 is 0 Å². The van der Waals surface area contributed by atoms with E-state index in [1.165, 1.54) is 6.26 Å². The van der Waals surface area contributed by atoms with Crippen LogP contribution in [0.5, 0.6) is 0 Å². The predicted molar refractivity (Wildman–Crippen MR) is 83.9 cm³/mol. The Hall–Kier alpha value is -2.88. The lowest BCUT2D eigenvalue weighted by atomic mass is 10.2. The smallest absolute Gasteiger partial charge is 0.226 e. The second kappa shape index (κ2) is 6.72. The van der Waals surface area contributed by atoms with E-state index in [0.29, 0.717) is 18.1 Å². The summed E-state index contributed by atoms with van der Waals surface area (Å²) in [6.45, 7) is 0.517. The second-order valence-corrected chi connectivity index (χ2v) is 4.95. The molecule has 0 unspecified atom stereocenters. The third-order valence-electron chi connectivity index (χ3n) is 3.25. The Bertz CT molecular complexity index is 736. The highest BCUT2D eigenvalue weighted by Gasteiger charge is 2.10. The lowest BCUT2D eigenvalue weighted by molar-refractivity contribution is -0.120. The molecule has 0 aliphatic carbocycles. The normalized spacial score (nSPS) is 10.4. The van der Waals surface area contributed by atoms with Crippen LogP contribution in [0.4, 0.5) is 0 Å². The maximum atomic E-state index is 11.9. The van der Waals surface area contributed by atoms with Gasteiger partial charge in [-0.3, -0.25) is 4.79 Å². The minimum atomic E-state index is -0.0724. The number of nitrogens with one attached hydrogen (secondary N) is 1. The molecule has 1 aromatic heterocycles. The van der Waals surface area contributed by atoms with E-state index in [9.17, 15) is 4.79 Å². The lowest BCUT2D eigenvalue weighted by Crippen LogP contribution is -2.24. The molecule has 1 amide bonds. The maximum absolute atomic E-state index is 11.9. The van der Waals surface area contributed by atoms with Crippen LogP contribution in [-0.2, 0) is 17.8 Å². The fourth-order valence-corrected chi connectivity index (χ4v) is 2.12. The third kappa shape index (κ3) is 3.61. The Morgan fingerprint density at radius 1 is 1.00 bits per heavy atom. The number of benzene rings is 2. The van der Waals surface area contributed by atoms with Crippen molar-refractivity contribution in [1.82, 2.24) is 10.3 Å². The Morgan fingerprint density at radius 3 is 2.41 bits per heavy atom. The summed E-state index contributed by atoms with van der Waals surface area (Å²) >= 11 is 0. The van der Waals surface area contributed by atoms with E-state index in [1.54, 1.807) is 0 Å². The number of oxazole rings is 1. The summed E-state index contributed by atoms with van der Waals surface area (Å²) in [5.41, 5.74) is 2.60. The van der Waals surface area contributed by atoms with Gasteiger partial charge in [-0.15, -0.1) is 0 Å². The van der Waals surface area contributed by atoms with Crippen molar-refractivity contribution >= 4 is 5.91 Å². The first-order chi connectivity index (χ1) is 10.8. The molecule has 0 saturated carbocycles. The van der Waals surface area contributed by atoms with E-state index in [0.717, 1.165) is 11.1 Å². The molecule has 110 valence electrons. The summed E-state index contributed by atoms with van der Waals surface area (Å²) < 4.78 is 5.42. The van der Waals surface area contributed by atoms with Gasteiger partial charge in [-0.1, -0.05) is 48.5 Å². The van der Waals surface area contributed by atoms with Crippen molar-refractivity contribution in [3.05, 3.63) is 78.2 Å². The van der Waals surface area contributed by atoms with Gasteiger partial charge in [0.15, 0.2) is 0 Å². The average molecular weight is 292 g/mol. The number of carbonyl (C=O) groups excluding carboxylic acids is 1. The Labute approximate surface area is 128 Å². The minimum Gasteiger partial charge on any atom is -0.444 e. The molecule has 0 spiro atoms. The monoisotopic (exact) mass is 292 g/mol. The van der Waals surface area contributed by atoms with Gasteiger partial charge in [0.05, 0.1) is 12.1 Å². The van der Waals surface area contributed by atoms with Crippen molar-refractivity contribution < 1.29 is 9.21 Å². The van der Waals surface area contributed by atoms with Crippen molar-refractivity contribution in [2.24, 2.45) is 0 Å². The van der Waals surface area contributed by atoms with Gasteiger partial charge < -0.3 is 9.73 Å². The van der Waals surface area contributed by atoms with Crippen LogP contribution in [0.2, 0.25) is 0 Å². The van der Waals surface area contributed by atoms with Crippen LogP contribution in [0.3, 0.4) is 0 Å². The highest BCUT2D eigenvalue weighted by molar-refractivity contribution is 5.78. The number of hydrogen-bond acceptors (Lipinski definition) is 3. The Morgan fingerprint density at radius 2 is 1.68 bits per heavy atom. The van der Waals surface area contributed by atoms with Crippen LogP contribution in [-0.4, -0.2) is 10.9 Å². The van der Waals surface area contributed by atoms with Gasteiger partial charge in [-0.25, -0.2) is 4.98 Å². The number of nitrogens with zero attached hydrogens (tertiary/aromatic N) is 1. The molecule has 1 N–H and O–H groups in total. The van der Waals surface area contributed by atoms with Crippen molar-refractivity contribution in [1.29, 1.82) is 0 Å². The molecular weight excluding hydrogens is 276 g/mol. The van der Waals surface area contributed by atoms with E-state index < -0.39 is 0 Å². The summed E-state index contributed by atoms with van der Waals surface area (Å²) in [4.78, 5) is 16.3. The molecular formula is C18H16N2O2. The molecule has 0 aliphatic heterocycles. The molecule has 0 saturated heterocycles. The van der Waals surface area contributed by atoms with Gasteiger partial charge in [-0.05, 0) is 17.7 Å². The van der Waals surface area contributed by atoms with E-state index in [1.807, 2.05) is 60.7 Å². The van der Waals surface area contributed by atoms with Crippen molar-refractivity contribution in [2.75, 3.05) is 0 Å². The summed E-state index contributed by atoms with van der Waals surface area (Å²) in [6.07, 6.45) is 1.74. The summed E-state index contributed by atoms with van der Waals surface area (Å²) in [7, 11) is 0. The number of rotatable bonds is 5. The van der Waals surface area contributed by atoms with E-state index in [-0.39, 0.29) is 12.3 Å². The fraction of sp³-hybridized carbons (Fsp3) is 0.111. The number of carbonyl (C=O) groups is 1. The zero-order valence-electron chi connectivity index (χ0n) is 12.0. The molecule has 2 aromatic carbocycles. The zero-order valence-corrected chi connectivity index (χ0v) is 12.0. The van der Waals surface area contributed by atoms with Gasteiger partial charge >= 0.3 is 0 Å². The molecule has 1 heterocycles. The summed E-state index contributed by atoms with van der Waals surface area (Å²) in [5.74, 6) is 0.461. The first-order valence-corrected chi connectivity index (χ1v) is 7.12. The molecule has 4 nitrogen and oxygen atoms in total. The average Bonchev–Trinajstić information content (AvgIpc) is 3.03. The van der Waals surface area contributed by atoms with Crippen molar-refractivity contribution in [3.8, 4) is 11.5 Å². The fourth-order valence-electron chi connectivity index (χ4n) is 2.12. The van der Waals surface area contributed by atoms with Crippen molar-refractivity contribution in [2.45, 2.75) is 13.0 Å². The molecule has 22 heavy (non-hydrogen) atoms. The van der Waals surface area contributed by atoms with E-state index in [2.05, 4.69) is 10.3 Å². The highest BCUT2D eigenvalue weighted by atomic mass is 16.3. The van der Waals surface area contributed by atoms with Gasteiger partial charge in [0.2, 0.25) is 11.8 Å². The zero-order chi connectivity index (χ0) is 15.2. The van der Waals surface area contributed by atoms with Crippen LogP contribution < -0.4 is 5.32 Å². The topological polar surface area (TPSA) is 55.1 Å². The van der Waals surface area contributed by atoms with Crippen LogP contribution in [0.25, 0.3) is 11.5 Å². The SMILES string of the molecule is O=C(Cc1coc(-c2ccccc2)n1)NCc1ccccc1. The lowest BCUT2D eigenvalue weighted by Gasteiger charge is -2.03. The maximum Gasteiger partial charge on any atom is 0.226 e. The quantitative estimate of drug-likeness (QED) is 0.785. The standard InChI is InChI=1S/C18H16N2O2/c21-17(19-12-14-7-3-1-4-8-14)11-16-13-22-18(20-16)15-9-5-2-6-10-15/h1-10,13H,11-12H2,(H,19,21). The van der Waals surface area contributed by atoms with E-state index in [4.69, 9.17) is 4.42 Å². The number of aromatic nitrogens is 1. The number of amides is 1. The molecule has 0 radical (unpaired) electrons. The molecule has 0 atom stereocenters. The highest BCUT2D eigenvalue weighted by Crippen LogP contribution is 2.18. The van der Waals surface area contributed by atoms with Gasteiger partial charge in [0.25, 0.3) is 0 Å². The molecule has 0 fully saturated rings.